The SMILES string of the molecule is O=C1C[C@@H](C(=O)Nc2ccccc2)[C@H]2C(=O)C[C@@H](c3ccccc3)C=C2N1. The van der Waals surface area contributed by atoms with Gasteiger partial charge in [0.05, 0.1) is 11.8 Å². The first-order valence-electron chi connectivity index (χ1n) is 9.07. The standard InChI is InChI=1S/C22H20N2O3/c25-19-12-15(14-7-3-1-4-8-14)11-18-21(19)17(13-20(26)24-18)22(27)23-16-9-5-2-6-10-16/h1-11,15,17,21H,12-13H2,(H,23,27)(H,24,26)/t15-,17+,21+/m0/s1. The van der Waals surface area contributed by atoms with Crippen LogP contribution in [-0.4, -0.2) is 17.6 Å². The Balaban J connectivity index is 1.61. The molecule has 1 aliphatic carbocycles. The Kier molecular flexibility index (Phi) is 4.59. The Morgan fingerprint density at radius 1 is 0.926 bits per heavy atom. The van der Waals surface area contributed by atoms with Gasteiger partial charge in [0.2, 0.25) is 11.8 Å². The van der Waals surface area contributed by atoms with Gasteiger partial charge in [-0.3, -0.25) is 14.4 Å². The van der Waals surface area contributed by atoms with Crippen molar-refractivity contribution in [2.75, 3.05) is 5.32 Å². The highest BCUT2D eigenvalue weighted by Crippen LogP contribution is 2.38. The lowest BCUT2D eigenvalue weighted by atomic mass is 9.72. The van der Waals surface area contributed by atoms with E-state index in [-0.39, 0.29) is 29.9 Å². The van der Waals surface area contributed by atoms with Gasteiger partial charge in [-0.05, 0) is 17.7 Å². The first-order chi connectivity index (χ1) is 13.1. The first-order valence-corrected chi connectivity index (χ1v) is 9.07. The van der Waals surface area contributed by atoms with Gasteiger partial charge in [0.15, 0.2) is 0 Å². The zero-order chi connectivity index (χ0) is 18.8. The molecule has 5 nitrogen and oxygen atoms in total. The summed E-state index contributed by atoms with van der Waals surface area (Å²) in [6.07, 6.45) is 2.28. The van der Waals surface area contributed by atoms with Crippen molar-refractivity contribution >= 4 is 23.3 Å². The van der Waals surface area contributed by atoms with E-state index >= 15 is 0 Å². The fourth-order valence-corrected chi connectivity index (χ4v) is 3.90. The lowest BCUT2D eigenvalue weighted by molar-refractivity contribution is -0.136. The first kappa shape index (κ1) is 17.2. The summed E-state index contributed by atoms with van der Waals surface area (Å²) in [5.74, 6) is -1.89. The lowest BCUT2D eigenvalue weighted by Crippen LogP contribution is -2.48. The van der Waals surface area contributed by atoms with E-state index in [9.17, 15) is 14.4 Å². The predicted molar refractivity (Wildman–Crippen MR) is 102 cm³/mol. The molecule has 1 fully saturated rings. The van der Waals surface area contributed by atoms with E-state index in [2.05, 4.69) is 10.6 Å². The molecule has 1 heterocycles. The summed E-state index contributed by atoms with van der Waals surface area (Å²) in [7, 11) is 0. The molecule has 2 aliphatic rings. The molecule has 0 unspecified atom stereocenters. The highest BCUT2D eigenvalue weighted by atomic mass is 16.2. The van der Waals surface area contributed by atoms with Crippen molar-refractivity contribution in [2.24, 2.45) is 11.8 Å². The Bertz CT molecular complexity index is 906. The molecule has 1 aliphatic heterocycles. The van der Waals surface area contributed by atoms with Crippen LogP contribution in [0, 0.1) is 11.8 Å². The third kappa shape index (κ3) is 3.53. The van der Waals surface area contributed by atoms with E-state index in [0.29, 0.717) is 17.8 Å². The molecule has 5 heteroatoms. The summed E-state index contributed by atoms with van der Waals surface area (Å²) in [4.78, 5) is 37.9. The number of piperidine rings is 1. The van der Waals surface area contributed by atoms with Gasteiger partial charge < -0.3 is 10.6 Å². The summed E-state index contributed by atoms with van der Waals surface area (Å²) in [6, 6.07) is 18.8. The quantitative estimate of drug-likeness (QED) is 0.883. The van der Waals surface area contributed by atoms with Gasteiger partial charge in [-0.15, -0.1) is 0 Å². The Morgan fingerprint density at radius 3 is 2.30 bits per heavy atom. The summed E-state index contributed by atoms with van der Waals surface area (Å²) < 4.78 is 0. The number of ketones is 1. The number of carbonyl (C=O) groups is 3. The van der Waals surface area contributed by atoms with Gasteiger partial charge in [-0.25, -0.2) is 0 Å². The molecule has 2 amide bonds. The van der Waals surface area contributed by atoms with Gasteiger partial charge in [0.1, 0.15) is 5.78 Å². The number of anilines is 1. The minimum atomic E-state index is -0.686. The van der Waals surface area contributed by atoms with Crippen molar-refractivity contribution in [2.45, 2.75) is 18.8 Å². The number of nitrogens with one attached hydrogen (secondary N) is 2. The maximum absolute atomic E-state index is 12.9. The number of amides is 2. The summed E-state index contributed by atoms with van der Waals surface area (Å²) >= 11 is 0. The monoisotopic (exact) mass is 360 g/mol. The summed E-state index contributed by atoms with van der Waals surface area (Å²) in [5, 5.41) is 5.65. The van der Waals surface area contributed by atoms with Crippen LogP contribution in [-0.2, 0) is 14.4 Å². The molecule has 3 atom stereocenters. The number of hydrogen-bond donors (Lipinski definition) is 2. The van der Waals surface area contributed by atoms with Gasteiger partial charge >= 0.3 is 0 Å². The predicted octanol–water partition coefficient (Wildman–Crippen LogP) is 3.02. The fraction of sp³-hybridized carbons (Fsp3) is 0.227. The molecule has 2 aromatic rings. The fourth-order valence-electron chi connectivity index (χ4n) is 3.90. The normalized spacial score (nSPS) is 24.4. The van der Waals surface area contributed by atoms with E-state index in [1.54, 1.807) is 12.1 Å². The highest BCUT2D eigenvalue weighted by molar-refractivity contribution is 6.02. The van der Waals surface area contributed by atoms with Crippen molar-refractivity contribution < 1.29 is 14.4 Å². The summed E-state index contributed by atoms with van der Waals surface area (Å²) in [6.45, 7) is 0. The number of para-hydroxylation sites is 1. The van der Waals surface area contributed by atoms with E-state index in [1.807, 2.05) is 54.6 Å². The average Bonchev–Trinajstić information content (AvgIpc) is 2.68. The molecule has 2 N–H and O–H groups in total. The Hall–Kier alpha value is -3.21. The number of hydrogen-bond acceptors (Lipinski definition) is 3. The number of allylic oxidation sites excluding steroid dienone is 2. The molecule has 0 spiro atoms. The van der Waals surface area contributed by atoms with Crippen LogP contribution in [0.15, 0.2) is 72.4 Å². The Labute approximate surface area is 157 Å². The highest BCUT2D eigenvalue weighted by Gasteiger charge is 2.44. The molecule has 27 heavy (non-hydrogen) atoms. The van der Waals surface area contributed by atoms with E-state index in [0.717, 1.165) is 5.56 Å². The zero-order valence-corrected chi connectivity index (χ0v) is 14.7. The van der Waals surface area contributed by atoms with Gasteiger partial charge in [-0.1, -0.05) is 54.6 Å². The van der Waals surface area contributed by atoms with Crippen LogP contribution in [0.4, 0.5) is 5.69 Å². The van der Waals surface area contributed by atoms with Crippen molar-refractivity contribution in [3.05, 3.63) is 78.0 Å². The molecular formula is C22H20N2O3. The number of carbonyl (C=O) groups excluding carboxylic acids is 3. The third-order valence-corrected chi connectivity index (χ3v) is 5.18. The third-order valence-electron chi connectivity index (χ3n) is 5.18. The smallest absolute Gasteiger partial charge is 0.229 e. The van der Waals surface area contributed by atoms with Crippen LogP contribution in [0.5, 0.6) is 0 Å². The van der Waals surface area contributed by atoms with Crippen LogP contribution >= 0.6 is 0 Å². The average molecular weight is 360 g/mol. The van der Waals surface area contributed by atoms with Crippen LogP contribution in [0.3, 0.4) is 0 Å². The molecule has 2 aromatic carbocycles. The molecule has 4 rings (SSSR count). The maximum Gasteiger partial charge on any atom is 0.229 e. The van der Waals surface area contributed by atoms with Crippen LogP contribution in [0.1, 0.15) is 24.3 Å². The van der Waals surface area contributed by atoms with Gasteiger partial charge in [0, 0.05) is 30.1 Å². The van der Waals surface area contributed by atoms with Crippen LogP contribution in [0.2, 0.25) is 0 Å². The van der Waals surface area contributed by atoms with Crippen molar-refractivity contribution in [1.82, 2.24) is 5.32 Å². The number of rotatable bonds is 3. The molecule has 0 radical (unpaired) electrons. The van der Waals surface area contributed by atoms with Crippen molar-refractivity contribution in [1.29, 1.82) is 0 Å². The largest absolute Gasteiger partial charge is 0.329 e. The van der Waals surface area contributed by atoms with Crippen LogP contribution < -0.4 is 10.6 Å². The molecule has 136 valence electrons. The second-order valence-corrected chi connectivity index (χ2v) is 7.00. The van der Waals surface area contributed by atoms with Crippen LogP contribution in [0.25, 0.3) is 0 Å². The number of benzene rings is 2. The minimum Gasteiger partial charge on any atom is -0.329 e. The number of Topliss-reactive ketones (excluding diaryl/α,β-unsaturated/α-hetero) is 1. The molecule has 0 saturated carbocycles. The van der Waals surface area contributed by atoms with Crippen molar-refractivity contribution in [3.8, 4) is 0 Å². The van der Waals surface area contributed by atoms with E-state index < -0.39 is 11.8 Å². The summed E-state index contributed by atoms with van der Waals surface area (Å²) in [5.41, 5.74) is 2.25. The Morgan fingerprint density at radius 2 is 1.59 bits per heavy atom. The lowest BCUT2D eigenvalue weighted by Gasteiger charge is -2.36. The van der Waals surface area contributed by atoms with E-state index in [4.69, 9.17) is 0 Å². The number of fused-ring (bicyclic) bond motifs is 1. The van der Waals surface area contributed by atoms with Gasteiger partial charge in [0.25, 0.3) is 0 Å². The zero-order valence-electron chi connectivity index (χ0n) is 14.7. The maximum atomic E-state index is 12.9. The van der Waals surface area contributed by atoms with Gasteiger partial charge in [-0.2, -0.15) is 0 Å². The van der Waals surface area contributed by atoms with Crippen molar-refractivity contribution in [3.63, 3.8) is 0 Å². The minimum absolute atomic E-state index is 0.00503. The second kappa shape index (κ2) is 7.19. The second-order valence-electron chi connectivity index (χ2n) is 7.00. The molecule has 1 saturated heterocycles. The molecule has 0 bridgehead atoms. The molecular weight excluding hydrogens is 340 g/mol. The topological polar surface area (TPSA) is 75.3 Å². The van der Waals surface area contributed by atoms with E-state index in [1.165, 1.54) is 0 Å². The molecule has 0 aromatic heterocycles.